The van der Waals surface area contributed by atoms with Crippen LogP contribution in [0.3, 0.4) is 0 Å². The number of para-hydroxylation sites is 1. The number of aryl methyl sites for hydroxylation is 2. The van der Waals surface area contributed by atoms with Gasteiger partial charge in [-0.15, -0.1) is 0 Å². The van der Waals surface area contributed by atoms with Gasteiger partial charge < -0.3 is 5.32 Å². The van der Waals surface area contributed by atoms with Crippen molar-refractivity contribution in [3.8, 4) is 16.9 Å². The molecule has 0 radical (unpaired) electrons. The number of rotatable bonds is 4. The number of aromatic nitrogens is 2. The zero-order chi connectivity index (χ0) is 19.5. The van der Waals surface area contributed by atoms with Gasteiger partial charge >= 0.3 is 0 Å². The van der Waals surface area contributed by atoms with Crippen LogP contribution in [0.4, 0.5) is 5.69 Å². The van der Waals surface area contributed by atoms with E-state index in [4.69, 9.17) is 0 Å². The Hall–Kier alpha value is -3.66. The van der Waals surface area contributed by atoms with Crippen LogP contribution in [0.1, 0.15) is 21.6 Å². The molecule has 138 valence electrons. The third-order valence-corrected chi connectivity index (χ3v) is 4.57. The fraction of sp³-hybridized carbons (Fsp3) is 0.0833. The second-order valence-corrected chi connectivity index (χ2v) is 6.85. The number of benzene rings is 3. The summed E-state index contributed by atoms with van der Waals surface area (Å²) in [5.74, 6) is -0.231. The molecule has 0 spiro atoms. The van der Waals surface area contributed by atoms with E-state index in [0.717, 1.165) is 28.2 Å². The second kappa shape index (κ2) is 7.53. The average Bonchev–Trinajstić information content (AvgIpc) is 3.15. The van der Waals surface area contributed by atoms with Crippen molar-refractivity contribution in [1.82, 2.24) is 9.78 Å². The summed E-state index contributed by atoms with van der Waals surface area (Å²) in [4.78, 5) is 12.8. The Labute approximate surface area is 164 Å². The zero-order valence-electron chi connectivity index (χ0n) is 15.9. The van der Waals surface area contributed by atoms with Gasteiger partial charge in [-0.05, 0) is 49.7 Å². The first-order chi connectivity index (χ1) is 13.6. The van der Waals surface area contributed by atoms with E-state index in [0.29, 0.717) is 5.69 Å². The van der Waals surface area contributed by atoms with Crippen molar-refractivity contribution in [1.29, 1.82) is 0 Å². The second-order valence-electron chi connectivity index (χ2n) is 6.85. The van der Waals surface area contributed by atoms with E-state index in [-0.39, 0.29) is 5.91 Å². The summed E-state index contributed by atoms with van der Waals surface area (Å²) in [6.07, 6.45) is 0. The minimum Gasteiger partial charge on any atom is -0.321 e. The average molecular weight is 367 g/mol. The lowest BCUT2D eigenvalue weighted by atomic mass is 10.1. The summed E-state index contributed by atoms with van der Waals surface area (Å²) < 4.78 is 1.83. The molecule has 1 amide bonds. The van der Waals surface area contributed by atoms with Crippen molar-refractivity contribution in [2.45, 2.75) is 13.8 Å². The van der Waals surface area contributed by atoms with Crippen molar-refractivity contribution in [3.05, 3.63) is 102 Å². The Balaban J connectivity index is 1.77. The van der Waals surface area contributed by atoms with E-state index in [1.54, 1.807) is 0 Å². The number of carbonyl (C=O) groups is 1. The maximum atomic E-state index is 12.8. The normalized spacial score (nSPS) is 10.6. The van der Waals surface area contributed by atoms with Gasteiger partial charge in [0.2, 0.25) is 0 Å². The largest absolute Gasteiger partial charge is 0.321 e. The number of carbonyl (C=O) groups excluding carboxylic acids is 1. The zero-order valence-corrected chi connectivity index (χ0v) is 15.9. The molecule has 0 bridgehead atoms. The highest BCUT2D eigenvalue weighted by atomic mass is 16.1. The number of anilines is 1. The maximum Gasteiger partial charge on any atom is 0.276 e. The van der Waals surface area contributed by atoms with E-state index in [9.17, 15) is 4.79 Å². The number of hydrogen-bond donors (Lipinski definition) is 1. The van der Waals surface area contributed by atoms with Gasteiger partial charge in [-0.3, -0.25) is 4.79 Å². The Morgan fingerprint density at radius 2 is 1.57 bits per heavy atom. The van der Waals surface area contributed by atoms with Gasteiger partial charge in [0, 0.05) is 11.3 Å². The molecule has 4 rings (SSSR count). The molecule has 0 fully saturated rings. The highest BCUT2D eigenvalue weighted by Gasteiger charge is 2.17. The highest BCUT2D eigenvalue weighted by Crippen LogP contribution is 2.25. The predicted octanol–water partition coefficient (Wildman–Crippen LogP) is 5.41. The molecule has 3 aromatic carbocycles. The number of nitrogens with zero attached hydrogens (tertiary/aromatic N) is 2. The smallest absolute Gasteiger partial charge is 0.276 e. The summed E-state index contributed by atoms with van der Waals surface area (Å²) in [6.45, 7) is 4.10. The molecule has 0 unspecified atom stereocenters. The first-order valence-electron chi connectivity index (χ1n) is 9.21. The predicted molar refractivity (Wildman–Crippen MR) is 113 cm³/mol. The standard InChI is InChI=1S/C24H21N3O/c1-17-11-13-19(14-12-17)23-16-22(24(28)25-20-8-4-3-5-9-20)26-27(23)21-10-6-7-18(2)15-21/h3-16H,1-2H3,(H,25,28). The molecule has 0 aliphatic carbocycles. The van der Waals surface area contributed by atoms with Crippen molar-refractivity contribution in [2.75, 3.05) is 5.32 Å². The Morgan fingerprint density at radius 1 is 0.821 bits per heavy atom. The molecule has 0 aliphatic rings. The van der Waals surface area contributed by atoms with Crippen LogP contribution in [0.15, 0.2) is 84.9 Å². The molecule has 1 heterocycles. The molecular formula is C24H21N3O. The monoisotopic (exact) mass is 367 g/mol. The topological polar surface area (TPSA) is 46.9 Å². The Morgan fingerprint density at radius 3 is 2.29 bits per heavy atom. The van der Waals surface area contributed by atoms with Crippen LogP contribution < -0.4 is 5.32 Å². The van der Waals surface area contributed by atoms with Gasteiger partial charge in [0.05, 0.1) is 11.4 Å². The summed E-state index contributed by atoms with van der Waals surface area (Å²) >= 11 is 0. The number of nitrogens with one attached hydrogen (secondary N) is 1. The van der Waals surface area contributed by atoms with E-state index < -0.39 is 0 Å². The molecule has 4 nitrogen and oxygen atoms in total. The lowest BCUT2D eigenvalue weighted by Crippen LogP contribution is -2.13. The molecule has 0 aliphatic heterocycles. The molecular weight excluding hydrogens is 346 g/mol. The molecule has 4 aromatic rings. The van der Waals surface area contributed by atoms with Crippen molar-refractivity contribution in [3.63, 3.8) is 0 Å². The van der Waals surface area contributed by atoms with Crippen LogP contribution in [-0.2, 0) is 0 Å². The van der Waals surface area contributed by atoms with Gasteiger partial charge in [-0.25, -0.2) is 4.68 Å². The Bertz CT molecular complexity index is 1110. The minimum absolute atomic E-state index is 0.231. The van der Waals surface area contributed by atoms with E-state index in [1.165, 1.54) is 5.56 Å². The molecule has 0 atom stereocenters. The van der Waals surface area contributed by atoms with Gasteiger partial charge in [-0.2, -0.15) is 5.10 Å². The summed E-state index contributed by atoms with van der Waals surface area (Å²) in [7, 11) is 0. The van der Waals surface area contributed by atoms with Crippen molar-refractivity contribution in [2.24, 2.45) is 0 Å². The molecule has 0 saturated heterocycles. The third-order valence-electron chi connectivity index (χ3n) is 4.57. The number of hydrogen-bond acceptors (Lipinski definition) is 2. The van der Waals surface area contributed by atoms with Gasteiger partial charge in [0.15, 0.2) is 5.69 Å². The van der Waals surface area contributed by atoms with E-state index in [1.807, 2.05) is 66.2 Å². The molecule has 1 aromatic heterocycles. The van der Waals surface area contributed by atoms with Crippen LogP contribution in [0.25, 0.3) is 16.9 Å². The van der Waals surface area contributed by atoms with Gasteiger partial charge in [0.25, 0.3) is 5.91 Å². The van der Waals surface area contributed by atoms with Crippen molar-refractivity contribution < 1.29 is 4.79 Å². The number of amides is 1. The minimum atomic E-state index is -0.231. The molecule has 1 N–H and O–H groups in total. The fourth-order valence-corrected chi connectivity index (χ4v) is 3.10. The van der Waals surface area contributed by atoms with Crippen LogP contribution in [-0.4, -0.2) is 15.7 Å². The highest BCUT2D eigenvalue weighted by molar-refractivity contribution is 6.03. The summed E-state index contributed by atoms with van der Waals surface area (Å²) in [5, 5.41) is 7.53. The quantitative estimate of drug-likeness (QED) is 0.524. The van der Waals surface area contributed by atoms with Gasteiger partial charge in [0.1, 0.15) is 0 Å². The molecule has 28 heavy (non-hydrogen) atoms. The SMILES string of the molecule is Cc1ccc(-c2cc(C(=O)Nc3ccccc3)nn2-c2cccc(C)c2)cc1. The molecule has 0 saturated carbocycles. The first kappa shape index (κ1) is 17.7. The van der Waals surface area contributed by atoms with E-state index in [2.05, 4.69) is 47.7 Å². The Kier molecular flexibility index (Phi) is 4.77. The summed E-state index contributed by atoms with van der Waals surface area (Å²) in [5.41, 5.74) is 6.26. The van der Waals surface area contributed by atoms with Gasteiger partial charge in [-0.1, -0.05) is 60.2 Å². The third kappa shape index (κ3) is 3.71. The first-order valence-corrected chi connectivity index (χ1v) is 9.21. The molecule has 4 heteroatoms. The van der Waals surface area contributed by atoms with E-state index >= 15 is 0 Å². The van der Waals surface area contributed by atoms with Crippen molar-refractivity contribution >= 4 is 11.6 Å². The fourth-order valence-electron chi connectivity index (χ4n) is 3.10. The maximum absolute atomic E-state index is 12.8. The lowest BCUT2D eigenvalue weighted by Gasteiger charge is -2.08. The summed E-state index contributed by atoms with van der Waals surface area (Å²) in [6, 6.07) is 27.6. The van der Waals surface area contributed by atoms with Crippen LogP contribution in [0, 0.1) is 13.8 Å². The van der Waals surface area contributed by atoms with Crippen LogP contribution in [0.5, 0.6) is 0 Å². The van der Waals surface area contributed by atoms with Crippen LogP contribution in [0.2, 0.25) is 0 Å². The lowest BCUT2D eigenvalue weighted by molar-refractivity contribution is 0.102. The van der Waals surface area contributed by atoms with Crippen LogP contribution >= 0.6 is 0 Å².